The summed E-state index contributed by atoms with van der Waals surface area (Å²) in [5, 5.41) is 0. The lowest BCUT2D eigenvalue weighted by atomic mass is 10.1. The summed E-state index contributed by atoms with van der Waals surface area (Å²) in [5.41, 5.74) is -0.558. The number of carbonyl (C=O) groups excluding carboxylic acids is 2. The summed E-state index contributed by atoms with van der Waals surface area (Å²) < 4.78 is 88.0. The zero-order valence-corrected chi connectivity index (χ0v) is 16.0. The predicted molar refractivity (Wildman–Crippen MR) is 96.5 cm³/mol. The number of hydrogen-bond donors (Lipinski definition) is 0. The van der Waals surface area contributed by atoms with Gasteiger partial charge in [-0.1, -0.05) is 60.7 Å². The second-order valence-corrected chi connectivity index (χ2v) is 6.50. The molecule has 31 heavy (non-hydrogen) atoms. The summed E-state index contributed by atoms with van der Waals surface area (Å²) in [6.45, 7) is 0. The lowest BCUT2D eigenvalue weighted by Gasteiger charge is -2.21. The molecule has 0 aliphatic heterocycles. The van der Waals surface area contributed by atoms with Gasteiger partial charge in [0.15, 0.2) is 0 Å². The molecule has 168 valence electrons. The molecule has 0 saturated carbocycles. The molecule has 4 nitrogen and oxygen atoms in total. The Kier molecular flexibility index (Phi) is 8.07. The molecular formula is C21H18F6O4. The SMILES string of the molecule is O=C(CCCC(=O)OC(c1ccccc1)C(F)(F)F)OC(c1ccccc1)C(F)(F)F. The number of ether oxygens (including phenoxy) is 2. The average Bonchev–Trinajstić information content (AvgIpc) is 2.70. The van der Waals surface area contributed by atoms with Crippen LogP contribution in [0.15, 0.2) is 60.7 Å². The molecule has 0 aliphatic carbocycles. The minimum atomic E-state index is -4.86. The molecule has 0 fully saturated rings. The van der Waals surface area contributed by atoms with Gasteiger partial charge in [0.05, 0.1) is 0 Å². The summed E-state index contributed by atoms with van der Waals surface area (Å²) in [7, 11) is 0. The highest BCUT2D eigenvalue weighted by molar-refractivity contribution is 5.73. The van der Waals surface area contributed by atoms with E-state index >= 15 is 0 Å². The fourth-order valence-electron chi connectivity index (χ4n) is 2.66. The van der Waals surface area contributed by atoms with Crippen molar-refractivity contribution in [1.82, 2.24) is 0 Å². The molecule has 0 N–H and O–H groups in total. The monoisotopic (exact) mass is 448 g/mol. The van der Waals surface area contributed by atoms with Gasteiger partial charge in [0.25, 0.3) is 0 Å². The molecule has 0 spiro atoms. The Morgan fingerprint density at radius 1 is 0.645 bits per heavy atom. The Bertz CT molecular complexity index is 778. The molecule has 2 unspecified atom stereocenters. The van der Waals surface area contributed by atoms with Crippen LogP contribution in [-0.2, 0) is 19.1 Å². The van der Waals surface area contributed by atoms with Crippen LogP contribution in [0.1, 0.15) is 42.6 Å². The maximum Gasteiger partial charge on any atom is 0.429 e. The minimum Gasteiger partial charge on any atom is -0.448 e. The van der Waals surface area contributed by atoms with Gasteiger partial charge in [-0.25, -0.2) is 0 Å². The van der Waals surface area contributed by atoms with Crippen molar-refractivity contribution in [3.05, 3.63) is 71.8 Å². The first kappa shape index (κ1) is 24.2. The van der Waals surface area contributed by atoms with Crippen LogP contribution in [0.5, 0.6) is 0 Å². The van der Waals surface area contributed by atoms with Crippen molar-refractivity contribution in [3.63, 3.8) is 0 Å². The summed E-state index contributed by atoms with van der Waals surface area (Å²) >= 11 is 0. The maximum atomic E-state index is 13.2. The Morgan fingerprint density at radius 2 is 0.968 bits per heavy atom. The number of rotatable bonds is 8. The number of halogens is 6. The average molecular weight is 448 g/mol. The molecule has 0 saturated heterocycles. The molecular weight excluding hydrogens is 430 g/mol. The second-order valence-electron chi connectivity index (χ2n) is 6.50. The molecule has 0 bridgehead atoms. The number of benzene rings is 2. The van der Waals surface area contributed by atoms with Crippen LogP contribution in [0.2, 0.25) is 0 Å². The van der Waals surface area contributed by atoms with Crippen LogP contribution in [0.3, 0.4) is 0 Å². The van der Waals surface area contributed by atoms with Gasteiger partial charge in [-0.3, -0.25) is 9.59 Å². The van der Waals surface area contributed by atoms with Crippen molar-refractivity contribution >= 4 is 11.9 Å². The lowest BCUT2D eigenvalue weighted by Crippen LogP contribution is -2.27. The van der Waals surface area contributed by atoms with Gasteiger partial charge in [-0.2, -0.15) is 26.3 Å². The molecule has 10 heteroatoms. The van der Waals surface area contributed by atoms with E-state index < -0.39 is 49.3 Å². The van der Waals surface area contributed by atoms with Gasteiger partial charge in [-0.15, -0.1) is 0 Å². The Hall–Kier alpha value is -3.04. The minimum absolute atomic E-state index is 0.279. The van der Waals surface area contributed by atoms with Crippen molar-refractivity contribution in [1.29, 1.82) is 0 Å². The predicted octanol–water partition coefficient (Wildman–Crippen LogP) is 5.85. The van der Waals surface area contributed by atoms with Gasteiger partial charge in [0, 0.05) is 24.0 Å². The number of hydrogen-bond acceptors (Lipinski definition) is 4. The van der Waals surface area contributed by atoms with E-state index in [4.69, 9.17) is 0 Å². The third kappa shape index (κ3) is 7.62. The lowest BCUT2D eigenvalue weighted by molar-refractivity contribution is -0.225. The summed E-state index contributed by atoms with van der Waals surface area (Å²) in [6, 6.07) is 13.0. The highest BCUT2D eigenvalue weighted by Crippen LogP contribution is 2.37. The summed E-state index contributed by atoms with van der Waals surface area (Å²) in [4.78, 5) is 23.6. The van der Waals surface area contributed by atoms with Crippen molar-refractivity contribution in [3.8, 4) is 0 Å². The van der Waals surface area contributed by atoms with E-state index in [0.29, 0.717) is 0 Å². The van der Waals surface area contributed by atoms with Crippen LogP contribution in [0.4, 0.5) is 26.3 Å². The first-order valence-electron chi connectivity index (χ1n) is 9.10. The van der Waals surface area contributed by atoms with Gasteiger partial charge < -0.3 is 9.47 Å². The standard InChI is InChI=1S/C21H18F6O4/c22-20(23,24)18(14-8-3-1-4-9-14)30-16(28)12-7-13-17(29)31-19(21(25,26)27)15-10-5-2-6-11-15/h1-6,8-11,18-19H,7,12-13H2. The molecule has 0 radical (unpaired) electrons. The van der Waals surface area contributed by atoms with Gasteiger partial charge in [-0.05, 0) is 6.42 Å². The van der Waals surface area contributed by atoms with Gasteiger partial charge >= 0.3 is 24.3 Å². The van der Waals surface area contributed by atoms with E-state index in [1.807, 2.05) is 0 Å². The first-order chi connectivity index (χ1) is 14.5. The second kappa shape index (κ2) is 10.3. The molecule has 2 aromatic carbocycles. The van der Waals surface area contributed by atoms with Crippen LogP contribution in [0, 0.1) is 0 Å². The fraction of sp³-hybridized carbons (Fsp3) is 0.333. The Morgan fingerprint density at radius 3 is 1.26 bits per heavy atom. The highest BCUT2D eigenvalue weighted by Gasteiger charge is 2.45. The van der Waals surface area contributed by atoms with E-state index in [1.54, 1.807) is 0 Å². The number of esters is 2. The largest absolute Gasteiger partial charge is 0.448 e. The van der Waals surface area contributed by atoms with Gasteiger partial charge in [0.2, 0.25) is 12.2 Å². The number of alkyl halides is 6. The Balaban J connectivity index is 1.90. The van der Waals surface area contributed by atoms with E-state index in [1.165, 1.54) is 36.4 Å². The quantitative estimate of drug-likeness (QED) is 0.376. The van der Waals surface area contributed by atoms with Crippen LogP contribution >= 0.6 is 0 Å². The fourth-order valence-corrected chi connectivity index (χ4v) is 2.66. The topological polar surface area (TPSA) is 52.6 Å². The van der Waals surface area contributed by atoms with Crippen molar-refractivity contribution in [2.75, 3.05) is 0 Å². The molecule has 0 amide bonds. The highest BCUT2D eigenvalue weighted by atomic mass is 19.4. The third-order valence-corrected chi connectivity index (χ3v) is 4.06. The van der Waals surface area contributed by atoms with E-state index in [-0.39, 0.29) is 17.5 Å². The molecule has 2 atom stereocenters. The zero-order chi connectivity index (χ0) is 23.1. The van der Waals surface area contributed by atoms with Crippen molar-refractivity contribution in [2.45, 2.75) is 43.8 Å². The third-order valence-electron chi connectivity index (χ3n) is 4.06. The first-order valence-corrected chi connectivity index (χ1v) is 9.10. The Labute approximate surface area is 173 Å². The van der Waals surface area contributed by atoms with E-state index in [0.717, 1.165) is 24.3 Å². The van der Waals surface area contributed by atoms with Crippen molar-refractivity contribution < 1.29 is 45.4 Å². The normalized spacial score (nSPS) is 13.9. The zero-order valence-electron chi connectivity index (χ0n) is 16.0. The molecule has 0 heterocycles. The summed E-state index contributed by atoms with van der Waals surface area (Å²) in [6.07, 6.45) is -16.2. The van der Waals surface area contributed by atoms with E-state index in [9.17, 15) is 35.9 Å². The molecule has 2 rings (SSSR count). The summed E-state index contributed by atoms with van der Waals surface area (Å²) in [5.74, 6) is -2.48. The molecule has 0 aliphatic rings. The number of carbonyl (C=O) groups is 2. The molecule has 0 aromatic heterocycles. The van der Waals surface area contributed by atoms with Crippen LogP contribution < -0.4 is 0 Å². The maximum absolute atomic E-state index is 13.2. The smallest absolute Gasteiger partial charge is 0.429 e. The molecule has 2 aromatic rings. The van der Waals surface area contributed by atoms with Gasteiger partial charge in [0.1, 0.15) is 0 Å². The van der Waals surface area contributed by atoms with Crippen LogP contribution in [-0.4, -0.2) is 24.3 Å². The van der Waals surface area contributed by atoms with E-state index in [2.05, 4.69) is 9.47 Å². The van der Waals surface area contributed by atoms with Crippen LogP contribution in [0.25, 0.3) is 0 Å². The van der Waals surface area contributed by atoms with Crippen molar-refractivity contribution in [2.24, 2.45) is 0 Å².